The van der Waals surface area contributed by atoms with Crippen LogP contribution in [0.1, 0.15) is 13.8 Å². The molecule has 8 nitrogen and oxygen atoms in total. The van der Waals surface area contributed by atoms with Gasteiger partial charge in [0, 0.05) is 13.8 Å². The normalized spacial score (nSPS) is 25.9. The van der Waals surface area contributed by atoms with Crippen LogP contribution in [0.3, 0.4) is 0 Å². The molecule has 1 saturated heterocycles. The minimum absolute atomic E-state index is 1.27. The zero-order chi connectivity index (χ0) is 15.4. The van der Waals surface area contributed by atoms with Gasteiger partial charge in [0.15, 0.2) is 0 Å². The predicted molar refractivity (Wildman–Crippen MR) is 56.0 cm³/mol. The first-order valence-electron chi connectivity index (χ1n) is 5.37. The summed E-state index contributed by atoms with van der Waals surface area (Å²) in [5, 5.41) is 36.6. The Morgan fingerprint density at radius 1 is 0.800 bits per heavy atom. The van der Waals surface area contributed by atoms with Crippen molar-refractivity contribution in [3.63, 3.8) is 0 Å². The largest absolute Gasteiger partial charge is 0.422 e. The van der Waals surface area contributed by atoms with Crippen LogP contribution in [0.4, 0.5) is 0 Å². The number of ether oxygens (including phenoxy) is 2. The Morgan fingerprint density at radius 2 is 1.10 bits per heavy atom. The van der Waals surface area contributed by atoms with E-state index in [1.165, 1.54) is 38.1 Å². The van der Waals surface area contributed by atoms with E-state index >= 15 is 0 Å². The van der Waals surface area contributed by atoms with Gasteiger partial charge >= 0.3 is 11.9 Å². The third kappa shape index (κ3) is 0.921. The van der Waals surface area contributed by atoms with Crippen molar-refractivity contribution in [2.45, 2.75) is 19.6 Å². The number of cyclic esters (lactones) is 2. The second kappa shape index (κ2) is 3.26. The lowest BCUT2D eigenvalue weighted by Gasteiger charge is -2.33. The van der Waals surface area contributed by atoms with E-state index in [0.717, 1.165) is 0 Å². The van der Waals surface area contributed by atoms with E-state index in [2.05, 4.69) is 0 Å². The number of carbonyl (C=O) groups excluding carboxylic acids is 2. The fourth-order valence-corrected chi connectivity index (χ4v) is 2.60. The molecule has 20 heavy (non-hydrogen) atoms. The minimum atomic E-state index is -2.54. The van der Waals surface area contributed by atoms with Gasteiger partial charge < -0.3 is 9.47 Å². The van der Waals surface area contributed by atoms with Gasteiger partial charge in [-0.15, -0.1) is 0 Å². The summed E-state index contributed by atoms with van der Waals surface area (Å²) >= 11 is 0. The average molecular weight is 270 g/mol. The number of esters is 2. The molecule has 0 amide bonds. The molecule has 0 unspecified atom stereocenters. The van der Waals surface area contributed by atoms with Crippen molar-refractivity contribution in [3.05, 3.63) is 0 Å². The summed E-state index contributed by atoms with van der Waals surface area (Å²) in [7, 11) is 0. The third-order valence-electron chi connectivity index (χ3n) is 3.59. The summed E-state index contributed by atoms with van der Waals surface area (Å²) < 4.78 is 9.71. The van der Waals surface area contributed by atoms with Crippen molar-refractivity contribution in [3.8, 4) is 24.3 Å². The minimum Gasteiger partial charge on any atom is -0.422 e. The highest BCUT2D eigenvalue weighted by Crippen LogP contribution is 2.79. The summed E-state index contributed by atoms with van der Waals surface area (Å²) in [4.78, 5) is 24.3. The molecule has 8 heteroatoms. The maximum atomic E-state index is 12.1. The molecule has 0 radical (unpaired) electrons. The van der Waals surface area contributed by atoms with Gasteiger partial charge in [-0.05, 0) is 0 Å². The SMILES string of the molecule is CC1(C)OC(=O)C2(C(=O)O1)C(C#N)(C#N)C2(C#N)C#N. The second-order valence-corrected chi connectivity index (χ2v) is 4.88. The van der Waals surface area contributed by atoms with Gasteiger partial charge in [-0.1, -0.05) is 0 Å². The number of carbonyl (C=O) groups is 2. The van der Waals surface area contributed by atoms with Gasteiger partial charge in [0.2, 0.25) is 16.2 Å². The predicted octanol–water partition coefficient (Wildman–Crippen LogP) is -0.110. The van der Waals surface area contributed by atoms with Crippen LogP contribution in [0.15, 0.2) is 0 Å². The molecule has 0 N–H and O–H groups in total. The number of hydrogen-bond acceptors (Lipinski definition) is 8. The molecule has 0 atom stereocenters. The quantitative estimate of drug-likeness (QED) is 0.437. The van der Waals surface area contributed by atoms with E-state index in [9.17, 15) is 9.59 Å². The van der Waals surface area contributed by atoms with Crippen molar-refractivity contribution < 1.29 is 19.1 Å². The Morgan fingerprint density at radius 3 is 1.35 bits per heavy atom. The molecule has 1 heterocycles. The van der Waals surface area contributed by atoms with Crippen LogP contribution in [-0.4, -0.2) is 17.7 Å². The summed E-state index contributed by atoms with van der Waals surface area (Å²) in [5.74, 6) is -4.13. The molecule has 0 aromatic heterocycles. The zero-order valence-corrected chi connectivity index (χ0v) is 10.4. The van der Waals surface area contributed by atoms with Crippen LogP contribution in [0.5, 0.6) is 0 Å². The van der Waals surface area contributed by atoms with Crippen LogP contribution < -0.4 is 0 Å². The molecule has 98 valence electrons. The first-order valence-corrected chi connectivity index (χ1v) is 5.37. The Hall–Kier alpha value is -3.10. The first kappa shape index (κ1) is 13.3. The average Bonchev–Trinajstić information content (AvgIpc) is 2.94. The van der Waals surface area contributed by atoms with Crippen molar-refractivity contribution in [2.24, 2.45) is 16.2 Å². The molecule has 2 fully saturated rings. The molecule has 0 aromatic carbocycles. The lowest BCUT2D eigenvalue weighted by atomic mass is 9.93. The van der Waals surface area contributed by atoms with Crippen LogP contribution in [0.25, 0.3) is 0 Å². The molecule has 0 aromatic rings. The van der Waals surface area contributed by atoms with Crippen LogP contribution in [0, 0.1) is 61.6 Å². The van der Waals surface area contributed by atoms with Crippen molar-refractivity contribution >= 4 is 11.9 Å². The Balaban J connectivity index is 2.76. The first-order chi connectivity index (χ1) is 9.25. The summed E-state index contributed by atoms with van der Waals surface area (Å²) in [5.41, 5.74) is -7.41. The van der Waals surface area contributed by atoms with Gasteiger partial charge in [-0.3, -0.25) is 9.59 Å². The Labute approximate surface area is 113 Å². The molecule has 2 rings (SSSR count). The second-order valence-electron chi connectivity index (χ2n) is 4.88. The van der Waals surface area contributed by atoms with E-state index in [1.807, 2.05) is 0 Å². The topological polar surface area (TPSA) is 148 Å². The highest BCUT2D eigenvalue weighted by Gasteiger charge is 3.02. The monoisotopic (exact) mass is 270 g/mol. The molecule has 1 spiro atoms. The lowest BCUT2D eigenvalue weighted by molar-refractivity contribution is -0.245. The van der Waals surface area contributed by atoms with Gasteiger partial charge in [-0.2, -0.15) is 21.0 Å². The third-order valence-corrected chi connectivity index (χ3v) is 3.59. The van der Waals surface area contributed by atoms with Crippen molar-refractivity contribution in [1.82, 2.24) is 0 Å². The molecular weight excluding hydrogens is 264 g/mol. The van der Waals surface area contributed by atoms with Gasteiger partial charge in [0.05, 0.1) is 24.3 Å². The van der Waals surface area contributed by atoms with Gasteiger partial charge in [0.1, 0.15) is 0 Å². The highest BCUT2D eigenvalue weighted by atomic mass is 16.7. The molecule has 1 saturated carbocycles. The number of rotatable bonds is 0. The fourth-order valence-electron chi connectivity index (χ4n) is 2.60. The molecule has 1 aliphatic carbocycles. The van der Waals surface area contributed by atoms with E-state index < -0.39 is 34.0 Å². The van der Waals surface area contributed by atoms with Crippen molar-refractivity contribution in [2.75, 3.05) is 0 Å². The summed E-state index contributed by atoms with van der Waals surface area (Å²) in [6, 6.07) is 5.74. The van der Waals surface area contributed by atoms with E-state index in [4.69, 9.17) is 30.5 Å². The molecular formula is C12H6N4O4. The Kier molecular flexibility index (Phi) is 2.17. The Bertz CT molecular complexity index is 622. The summed E-state index contributed by atoms with van der Waals surface area (Å²) in [6.07, 6.45) is 0. The van der Waals surface area contributed by atoms with Crippen LogP contribution >= 0.6 is 0 Å². The van der Waals surface area contributed by atoms with Gasteiger partial charge in [0.25, 0.3) is 5.79 Å². The number of hydrogen-bond donors (Lipinski definition) is 0. The van der Waals surface area contributed by atoms with E-state index in [1.54, 1.807) is 0 Å². The van der Waals surface area contributed by atoms with Gasteiger partial charge in [-0.25, -0.2) is 0 Å². The maximum Gasteiger partial charge on any atom is 0.332 e. The molecule has 1 aliphatic heterocycles. The molecule has 2 aliphatic rings. The lowest BCUT2D eigenvalue weighted by Crippen LogP contribution is -2.50. The number of nitriles is 4. The van der Waals surface area contributed by atoms with Crippen molar-refractivity contribution in [1.29, 1.82) is 21.0 Å². The standard InChI is InChI=1S/C12H6N4O4/c1-9(2)19-7(17)12(8(18)20-9)10(3-13,4-14)11(12,5-15)6-16/h1-2H3. The maximum absolute atomic E-state index is 12.1. The van der Waals surface area contributed by atoms with E-state index in [0.29, 0.717) is 0 Å². The highest BCUT2D eigenvalue weighted by molar-refractivity contribution is 6.12. The van der Waals surface area contributed by atoms with Crippen LogP contribution in [-0.2, 0) is 19.1 Å². The summed E-state index contributed by atoms with van der Waals surface area (Å²) in [6.45, 7) is 2.55. The zero-order valence-electron chi connectivity index (χ0n) is 10.4. The smallest absolute Gasteiger partial charge is 0.332 e. The molecule has 0 bridgehead atoms. The fraction of sp³-hybridized carbons (Fsp3) is 0.500. The van der Waals surface area contributed by atoms with Crippen LogP contribution in [0.2, 0.25) is 0 Å². The number of nitrogens with zero attached hydrogens (tertiary/aromatic N) is 4. The van der Waals surface area contributed by atoms with E-state index in [-0.39, 0.29) is 0 Å².